The van der Waals surface area contributed by atoms with Gasteiger partial charge in [0, 0.05) is 44.6 Å². The largest absolute Gasteiger partial charge is 0.459 e. The smallest absolute Gasteiger partial charge is 0.162 e. The van der Waals surface area contributed by atoms with Crippen LogP contribution in [0.3, 0.4) is 0 Å². The minimum Gasteiger partial charge on any atom is -0.459 e. The third-order valence-corrected chi connectivity index (χ3v) is 4.68. The first kappa shape index (κ1) is 14.7. The molecule has 114 valence electrons. The molecule has 0 unspecified atom stereocenters. The molecule has 1 saturated heterocycles. The maximum atomic E-state index is 8.96. The second-order valence-electron chi connectivity index (χ2n) is 5.40. The SMILES string of the molecule is Cc1ccc(-c2nc(CN3CCN(CCO)CC3)cs2)o1. The molecule has 5 nitrogen and oxygen atoms in total. The number of aliphatic hydroxyl groups is 1. The van der Waals surface area contributed by atoms with E-state index in [4.69, 9.17) is 9.52 Å². The van der Waals surface area contributed by atoms with Gasteiger partial charge in [-0.3, -0.25) is 9.80 Å². The highest BCUT2D eigenvalue weighted by molar-refractivity contribution is 7.13. The number of hydrogen-bond acceptors (Lipinski definition) is 6. The summed E-state index contributed by atoms with van der Waals surface area (Å²) >= 11 is 1.64. The topological polar surface area (TPSA) is 52.7 Å². The van der Waals surface area contributed by atoms with E-state index in [0.29, 0.717) is 0 Å². The number of aryl methyl sites for hydroxylation is 1. The van der Waals surface area contributed by atoms with Gasteiger partial charge in [-0.1, -0.05) is 0 Å². The van der Waals surface area contributed by atoms with E-state index < -0.39 is 0 Å². The number of aliphatic hydroxyl groups excluding tert-OH is 1. The van der Waals surface area contributed by atoms with Crippen molar-refractivity contribution >= 4 is 11.3 Å². The van der Waals surface area contributed by atoms with Crippen molar-refractivity contribution in [3.8, 4) is 10.8 Å². The molecule has 2 aromatic rings. The molecule has 1 aliphatic rings. The Morgan fingerprint density at radius 2 is 2.00 bits per heavy atom. The minimum atomic E-state index is 0.248. The van der Waals surface area contributed by atoms with Gasteiger partial charge in [-0.05, 0) is 19.1 Å². The van der Waals surface area contributed by atoms with Gasteiger partial charge < -0.3 is 9.52 Å². The quantitative estimate of drug-likeness (QED) is 0.913. The molecule has 6 heteroatoms. The molecule has 0 bridgehead atoms. The molecule has 1 fully saturated rings. The summed E-state index contributed by atoms with van der Waals surface area (Å²) in [4.78, 5) is 9.39. The zero-order chi connectivity index (χ0) is 14.7. The van der Waals surface area contributed by atoms with Gasteiger partial charge in [0.15, 0.2) is 10.8 Å². The third-order valence-electron chi connectivity index (χ3n) is 3.77. The van der Waals surface area contributed by atoms with Gasteiger partial charge >= 0.3 is 0 Å². The Balaban J connectivity index is 1.56. The lowest BCUT2D eigenvalue weighted by Crippen LogP contribution is -2.46. The highest BCUT2D eigenvalue weighted by atomic mass is 32.1. The standard InChI is InChI=1S/C15H21N3O2S/c1-12-2-3-14(20-12)15-16-13(11-21-15)10-18-6-4-17(5-7-18)8-9-19/h2-3,11,19H,4-10H2,1H3. The molecule has 0 atom stereocenters. The van der Waals surface area contributed by atoms with Crippen LogP contribution < -0.4 is 0 Å². The van der Waals surface area contributed by atoms with Crippen LogP contribution in [0, 0.1) is 6.92 Å². The molecule has 21 heavy (non-hydrogen) atoms. The minimum absolute atomic E-state index is 0.248. The molecule has 0 aliphatic carbocycles. The third kappa shape index (κ3) is 3.71. The van der Waals surface area contributed by atoms with E-state index in [9.17, 15) is 0 Å². The molecule has 3 rings (SSSR count). The molecular weight excluding hydrogens is 286 g/mol. The monoisotopic (exact) mass is 307 g/mol. The van der Waals surface area contributed by atoms with Gasteiger partial charge in [0.2, 0.25) is 0 Å². The number of furan rings is 1. The summed E-state index contributed by atoms with van der Waals surface area (Å²) in [6.07, 6.45) is 0. The lowest BCUT2D eigenvalue weighted by molar-refractivity contribution is 0.108. The van der Waals surface area contributed by atoms with Crippen LogP contribution in [-0.2, 0) is 6.54 Å². The van der Waals surface area contributed by atoms with E-state index in [2.05, 4.69) is 20.2 Å². The summed E-state index contributed by atoms with van der Waals surface area (Å²) in [6.45, 7) is 7.99. The fourth-order valence-corrected chi connectivity index (χ4v) is 3.35. The van der Waals surface area contributed by atoms with E-state index in [-0.39, 0.29) is 6.61 Å². The van der Waals surface area contributed by atoms with Crippen molar-refractivity contribution in [2.24, 2.45) is 0 Å². The maximum Gasteiger partial charge on any atom is 0.162 e. The second kappa shape index (κ2) is 6.70. The molecule has 2 aromatic heterocycles. The fourth-order valence-electron chi connectivity index (χ4n) is 2.58. The van der Waals surface area contributed by atoms with Crippen LogP contribution in [0.5, 0.6) is 0 Å². The number of β-amino-alcohol motifs (C(OH)–C–C–N with tert-alkyl or cyclic N) is 1. The number of piperazine rings is 1. The van der Waals surface area contributed by atoms with Gasteiger partial charge in [-0.25, -0.2) is 4.98 Å². The molecule has 0 saturated carbocycles. The predicted octanol–water partition coefficient (Wildman–Crippen LogP) is 1.82. The van der Waals surface area contributed by atoms with Gasteiger partial charge in [0.1, 0.15) is 5.76 Å². The Labute approximate surface area is 128 Å². The number of rotatable bonds is 5. The molecule has 3 heterocycles. The van der Waals surface area contributed by atoms with Crippen molar-refractivity contribution in [3.63, 3.8) is 0 Å². The Hall–Kier alpha value is -1.21. The summed E-state index contributed by atoms with van der Waals surface area (Å²) in [5.41, 5.74) is 1.11. The molecular formula is C15H21N3O2S. The Bertz CT molecular complexity index is 573. The lowest BCUT2D eigenvalue weighted by Gasteiger charge is -2.33. The fraction of sp³-hybridized carbons (Fsp3) is 0.533. The number of aromatic nitrogens is 1. The average molecular weight is 307 g/mol. The van der Waals surface area contributed by atoms with Crippen LogP contribution in [0.4, 0.5) is 0 Å². The molecule has 0 amide bonds. The molecule has 0 aromatic carbocycles. The summed E-state index contributed by atoms with van der Waals surface area (Å²) in [7, 11) is 0. The van der Waals surface area contributed by atoms with E-state index in [1.54, 1.807) is 11.3 Å². The molecule has 0 spiro atoms. The maximum absolute atomic E-state index is 8.96. The molecule has 1 N–H and O–H groups in total. The zero-order valence-corrected chi connectivity index (χ0v) is 13.1. The summed E-state index contributed by atoms with van der Waals surface area (Å²) < 4.78 is 5.62. The highest BCUT2D eigenvalue weighted by Crippen LogP contribution is 2.26. The molecule has 1 aliphatic heterocycles. The van der Waals surface area contributed by atoms with Crippen molar-refractivity contribution in [1.29, 1.82) is 0 Å². The summed E-state index contributed by atoms with van der Waals surface area (Å²) in [5, 5.41) is 12.0. The van der Waals surface area contributed by atoms with Crippen LogP contribution in [0.1, 0.15) is 11.5 Å². The Morgan fingerprint density at radius 3 is 2.67 bits per heavy atom. The van der Waals surface area contributed by atoms with Crippen molar-refractivity contribution in [1.82, 2.24) is 14.8 Å². The van der Waals surface area contributed by atoms with Crippen molar-refractivity contribution in [3.05, 3.63) is 29.0 Å². The van der Waals surface area contributed by atoms with E-state index >= 15 is 0 Å². The summed E-state index contributed by atoms with van der Waals surface area (Å²) in [6, 6.07) is 3.95. The first-order chi connectivity index (χ1) is 10.2. The summed E-state index contributed by atoms with van der Waals surface area (Å²) in [5.74, 6) is 1.78. The first-order valence-corrected chi connectivity index (χ1v) is 8.19. The van der Waals surface area contributed by atoms with E-state index in [0.717, 1.165) is 61.5 Å². The second-order valence-corrected chi connectivity index (χ2v) is 6.25. The van der Waals surface area contributed by atoms with Crippen molar-refractivity contribution in [2.75, 3.05) is 39.3 Å². The normalized spacial score (nSPS) is 17.4. The van der Waals surface area contributed by atoms with Gasteiger partial charge in [-0.15, -0.1) is 11.3 Å². The van der Waals surface area contributed by atoms with Crippen LogP contribution in [0.25, 0.3) is 10.8 Å². The van der Waals surface area contributed by atoms with Crippen LogP contribution in [0.2, 0.25) is 0 Å². The number of thiazole rings is 1. The average Bonchev–Trinajstić information content (AvgIpc) is 3.10. The van der Waals surface area contributed by atoms with E-state index in [1.165, 1.54) is 0 Å². The van der Waals surface area contributed by atoms with Crippen molar-refractivity contribution < 1.29 is 9.52 Å². The lowest BCUT2D eigenvalue weighted by atomic mass is 10.3. The number of nitrogens with zero attached hydrogens (tertiary/aromatic N) is 3. The zero-order valence-electron chi connectivity index (χ0n) is 12.3. The van der Waals surface area contributed by atoms with Crippen LogP contribution in [-0.4, -0.2) is 59.2 Å². The van der Waals surface area contributed by atoms with Gasteiger partial charge in [-0.2, -0.15) is 0 Å². The Kier molecular flexibility index (Phi) is 4.70. The highest BCUT2D eigenvalue weighted by Gasteiger charge is 2.17. The Morgan fingerprint density at radius 1 is 1.24 bits per heavy atom. The van der Waals surface area contributed by atoms with E-state index in [1.807, 2.05) is 19.1 Å². The van der Waals surface area contributed by atoms with Crippen LogP contribution in [0.15, 0.2) is 21.9 Å². The van der Waals surface area contributed by atoms with Crippen molar-refractivity contribution in [2.45, 2.75) is 13.5 Å². The first-order valence-electron chi connectivity index (χ1n) is 7.31. The molecule has 0 radical (unpaired) electrons. The van der Waals surface area contributed by atoms with Gasteiger partial charge in [0.25, 0.3) is 0 Å². The number of hydrogen-bond donors (Lipinski definition) is 1. The predicted molar refractivity (Wildman–Crippen MR) is 83.4 cm³/mol. The van der Waals surface area contributed by atoms with Crippen LogP contribution >= 0.6 is 11.3 Å². The van der Waals surface area contributed by atoms with Gasteiger partial charge in [0.05, 0.1) is 12.3 Å².